The second kappa shape index (κ2) is 6.02. The van der Waals surface area contributed by atoms with Crippen molar-refractivity contribution in [1.29, 1.82) is 0 Å². The quantitative estimate of drug-likeness (QED) is 0.417. The highest BCUT2D eigenvalue weighted by molar-refractivity contribution is 6.31. The summed E-state index contributed by atoms with van der Waals surface area (Å²) in [5.41, 5.74) is 0.715. The smallest absolute Gasteiger partial charge is 0.263 e. The Kier molecular flexibility index (Phi) is 3.91. The molecule has 0 bridgehead atoms. The molecule has 3 rings (SSSR count). The molecule has 0 aliphatic heterocycles. The number of hydrogen-bond donors (Lipinski definition) is 0. The number of halogens is 1. The van der Waals surface area contributed by atoms with Gasteiger partial charge in [-0.3, -0.25) is 20.1 Å². The number of nitro groups is 1. The minimum atomic E-state index is -0.759. The predicted octanol–water partition coefficient (Wildman–Crippen LogP) is 3.62. The van der Waals surface area contributed by atoms with Gasteiger partial charge in [0.25, 0.3) is 5.69 Å². The third-order valence-corrected chi connectivity index (χ3v) is 3.43. The maximum atomic E-state index is 12.0. The molecule has 0 atom stereocenters. The van der Waals surface area contributed by atoms with Crippen molar-refractivity contribution < 1.29 is 10.0 Å². The summed E-state index contributed by atoms with van der Waals surface area (Å²) in [6.45, 7) is 0. The van der Waals surface area contributed by atoms with Crippen molar-refractivity contribution in [3.63, 3.8) is 0 Å². The van der Waals surface area contributed by atoms with Crippen LogP contribution in [-0.2, 0) is 0 Å². The first-order chi connectivity index (χ1) is 11.1. The fourth-order valence-electron chi connectivity index (χ4n) is 2.16. The summed E-state index contributed by atoms with van der Waals surface area (Å²) in [6, 6.07) is 11.5. The maximum Gasteiger partial charge on any atom is 0.263 e. The first kappa shape index (κ1) is 14.9. The van der Waals surface area contributed by atoms with Crippen LogP contribution in [0.15, 0.2) is 53.7 Å². The normalized spacial score (nSPS) is 11.2. The monoisotopic (exact) mass is 326 g/mol. The van der Waals surface area contributed by atoms with Gasteiger partial charge in [-0.05, 0) is 29.5 Å². The van der Waals surface area contributed by atoms with Crippen LogP contribution in [0, 0.1) is 10.1 Å². The third kappa shape index (κ3) is 2.97. The molecule has 0 saturated carbocycles. The van der Waals surface area contributed by atoms with Gasteiger partial charge >= 0.3 is 0 Å². The van der Waals surface area contributed by atoms with Crippen LogP contribution in [0.2, 0.25) is 5.02 Å². The summed E-state index contributed by atoms with van der Waals surface area (Å²) < 4.78 is 0. The Bertz CT molecular complexity index is 936. The molecule has 0 unspecified atom stereocenters. The van der Waals surface area contributed by atoms with Gasteiger partial charge in [-0.25, -0.2) is 0 Å². The summed E-state index contributed by atoms with van der Waals surface area (Å²) in [7, 11) is 0. The topological polar surface area (TPSA) is 91.5 Å². The SMILES string of the molecule is O=[N+]([O-])c1cc(Cl)cc(C=Nc2cccc3cccnc23)c1[O-]. The number of aliphatic imine (C=N–C) groups is 1. The van der Waals surface area contributed by atoms with E-state index in [9.17, 15) is 15.2 Å². The van der Waals surface area contributed by atoms with E-state index in [1.54, 1.807) is 12.3 Å². The molecule has 1 aromatic heterocycles. The molecule has 23 heavy (non-hydrogen) atoms. The van der Waals surface area contributed by atoms with Crippen LogP contribution in [0.5, 0.6) is 5.75 Å². The van der Waals surface area contributed by atoms with Crippen molar-refractivity contribution >= 4 is 40.1 Å². The Morgan fingerprint density at radius 3 is 2.78 bits per heavy atom. The molecule has 0 fully saturated rings. The lowest BCUT2D eigenvalue weighted by Crippen LogP contribution is -2.02. The van der Waals surface area contributed by atoms with Gasteiger partial charge in [0.1, 0.15) is 0 Å². The first-order valence-electron chi connectivity index (χ1n) is 6.59. The fraction of sp³-hybridized carbons (Fsp3) is 0. The van der Waals surface area contributed by atoms with E-state index < -0.39 is 16.4 Å². The summed E-state index contributed by atoms with van der Waals surface area (Å²) in [5.74, 6) is -0.726. The van der Waals surface area contributed by atoms with Crippen LogP contribution >= 0.6 is 11.6 Å². The van der Waals surface area contributed by atoms with Gasteiger partial charge in [0, 0.05) is 28.9 Å². The fourth-order valence-corrected chi connectivity index (χ4v) is 2.38. The van der Waals surface area contributed by atoms with E-state index in [0.717, 1.165) is 11.5 Å². The van der Waals surface area contributed by atoms with Crippen molar-refractivity contribution in [3.8, 4) is 5.75 Å². The Hall–Kier alpha value is -2.99. The number of hydrogen-bond acceptors (Lipinski definition) is 5. The van der Waals surface area contributed by atoms with Crippen LogP contribution in [-0.4, -0.2) is 16.1 Å². The summed E-state index contributed by atoms with van der Waals surface area (Å²) in [6.07, 6.45) is 2.91. The van der Waals surface area contributed by atoms with E-state index in [1.807, 2.05) is 24.3 Å². The molecule has 0 aliphatic carbocycles. The molecule has 0 saturated heterocycles. The Morgan fingerprint density at radius 2 is 2.00 bits per heavy atom. The second-order valence-electron chi connectivity index (χ2n) is 4.71. The number of aromatic nitrogens is 1. The minimum Gasteiger partial charge on any atom is -0.867 e. The van der Waals surface area contributed by atoms with E-state index in [4.69, 9.17) is 11.6 Å². The third-order valence-electron chi connectivity index (χ3n) is 3.21. The summed E-state index contributed by atoms with van der Waals surface area (Å²) in [5, 5.41) is 23.9. The van der Waals surface area contributed by atoms with Crippen molar-refractivity contribution in [3.05, 3.63) is 69.4 Å². The van der Waals surface area contributed by atoms with Crippen LogP contribution < -0.4 is 5.11 Å². The Balaban J connectivity index is 2.08. The molecule has 0 amide bonds. The van der Waals surface area contributed by atoms with Gasteiger partial charge in [-0.2, -0.15) is 0 Å². The van der Waals surface area contributed by atoms with Crippen molar-refractivity contribution in [2.75, 3.05) is 0 Å². The molecule has 0 spiro atoms. The summed E-state index contributed by atoms with van der Waals surface area (Å²) >= 11 is 5.83. The van der Waals surface area contributed by atoms with Gasteiger partial charge in [0.15, 0.2) is 0 Å². The van der Waals surface area contributed by atoms with E-state index in [-0.39, 0.29) is 10.6 Å². The number of para-hydroxylation sites is 1. The van der Waals surface area contributed by atoms with E-state index >= 15 is 0 Å². The zero-order valence-corrected chi connectivity index (χ0v) is 12.4. The maximum absolute atomic E-state index is 12.0. The molecular formula is C16H9ClN3O3-. The lowest BCUT2D eigenvalue weighted by atomic mass is 10.1. The Morgan fingerprint density at radius 1 is 1.22 bits per heavy atom. The number of nitrogens with zero attached hydrogens (tertiary/aromatic N) is 3. The average Bonchev–Trinajstić information content (AvgIpc) is 2.55. The van der Waals surface area contributed by atoms with E-state index in [1.165, 1.54) is 12.3 Å². The van der Waals surface area contributed by atoms with Crippen molar-refractivity contribution in [2.45, 2.75) is 0 Å². The highest BCUT2D eigenvalue weighted by Crippen LogP contribution is 2.31. The van der Waals surface area contributed by atoms with Gasteiger partial charge < -0.3 is 5.11 Å². The van der Waals surface area contributed by atoms with E-state index in [0.29, 0.717) is 11.2 Å². The van der Waals surface area contributed by atoms with Crippen LogP contribution in [0.4, 0.5) is 11.4 Å². The summed E-state index contributed by atoms with van der Waals surface area (Å²) in [4.78, 5) is 18.6. The number of fused-ring (bicyclic) bond motifs is 1. The standard InChI is InChI=1S/C16H10ClN3O3/c17-12-7-11(16(21)14(8-12)20(22)23)9-19-13-5-1-3-10-4-2-6-18-15(10)13/h1-9,21H/p-1. The van der Waals surface area contributed by atoms with Gasteiger partial charge in [0.05, 0.1) is 16.1 Å². The molecule has 0 N–H and O–H groups in total. The Labute approximate surface area is 135 Å². The predicted molar refractivity (Wildman–Crippen MR) is 86.5 cm³/mol. The lowest BCUT2D eigenvalue weighted by molar-refractivity contribution is -0.398. The van der Waals surface area contributed by atoms with Gasteiger partial charge in [-0.15, -0.1) is 0 Å². The van der Waals surface area contributed by atoms with Crippen molar-refractivity contribution in [1.82, 2.24) is 4.98 Å². The van der Waals surface area contributed by atoms with Crippen LogP contribution in [0.1, 0.15) is 5.56 Å². The zero-order valence-electron chi connectivity index (χ0n) is 11.6. The molecule has 114 valence electrons. The number of nitro benzene ring substituents is 1. The molecular weight excluding hydrogens is 318 g/mol. The molecule has 7 heteroatoms. The minimum absolute atomic E-state index is 0.0529. The lowest BCUT2D eigenvalue weighted by Gasteiger charge is -2.10. The zero-order chi connectivity index (χ0) is 16.4. The molecule has 2 aromatic carbocycles. The molecule has 0 aliphatic rings. The highest BCUT2D eigenvalue weighted by atomic mass is 35.5. The number of benzene rings is 2. The number of pyridine rings is 1. The van der Waals surface area contributed by atoms with Crippen LogP contribution in [0.3, 0.4) is 0 Å². The molecule has 6 nitrogen and oxygen atoms in total. The largest absolute Gasteiger partial charge is 0.867 e. The van der Waals surface area contributed by atoms with Gasteiger partial charge in [-0.1, -0.05) is 29.8 Å². The molecule has 3 aromatic rings. The second-order valence-corrected chi connectivity index (χ2v) is 5.15. The first-order valence-corrected chi connectivity index (χ1v) is 6.97. The van der Waals surface area contributed by atoms with E-state index in [2.05, 4.69) is 9.98 Å². The molecule has 0 radical (unpaired) electrons. The molecule has 1 heterocycles. The van der Waals surface area contributed by atoms with Crippen LogP contribution in [0.25, 0.3) is 10.9 Å². The number of rotatable bonds is 3. The average molecular weight is 327 g/mol. The van der Waals surface area contributed by atoms with Gasteiger partial charge in [0.2, 0.25) is 0 Å². The van der Waals surface area contributed by atoms with Crippen molar-refractivity contribution in [2.24, 2.45) is 4.99 Å². The highest BCUT2D eigenvalue weighted by Gasteiger charge is 2.11.